The third-order valence-electron chi connectivity index (χ3n) is 4.16. The predicted molar refractivity (Wildman–Crippen MR) is 79.6 cm³/mol. The van der Waals surface area contributed by atoms with E-state index in [4.69, 9.17) is 9.47 Å². The van der Waals surface area contributed by atoms with E-state index in [2.05, 4.69) is 36.5 Å². The quantitative estimate of drug-likeness (QED) is 0.895. The molecule has 1 aromatic carbocycles. The summed E-state index contributed by atoms with van der Waals surface area (Å²) in [4.78, 5) is 0. The highest BCUT2D eigenvalue weighted by Gasteiger charge is 2.35. The zero-order chi connectivity index (χ0) is 14.2. The van der Waals surface area contributed by atoms with Crippen molar-refractivity contribution in [3.63, 3.8) is 0 Å². The Morgan fingerprint density at radius 2 is 1.95 bits per heavy atom. The van der Waals surface area contributed by atoms with E-state index < -0.39 is 5.79 Å². The Balaban J connectivity index is 1.59. The van der Waals surface area contributed by atoms with Gasteiger partial charge in [-0.2, -0.15) is 0 Å². The Hall–Kier alpha value is -0.900. The van der Waals surface area contributed by atoms with Gasteiger partial charge in [-0.25, -0.2) is 0 Å². The fraction of sp³-hybridized carbons (Fsp3) is 0.647. The van der Waals surface area contributed by atoms with E-state index in [0.717, 1.165) is 12.5 Å². The zero-order valence-corrected chi connectivity index (χ0v) is 12.7. The molecule has 1 saturated carbocycles. The van der Waals surface area contributed by atoms with Crippen LogP contribution in [0.5, 0.6) is 0 Å². The van der Waals surface area contributed by atoms with E-state index in [0.29, 0.717) is 12.6 Å². The van der Waals surface area contributed by atoms with E-state index in [1.807, 2.05) is 13.8 Å². The topological polar surface area (TPSA) is 30.5 Å². The van der Waals surface area contributed by atoms with Crippen molar-refractivity contribution >= 4 is 0 Å². The molecule has 0 bridgehead atoms. The van der Waals surface area contributed by atoms with Crippen LogP contribution in [0.1, 0.15) is 43.9 Å². The van der Waals surface area contributed by atoms with Gasteiger partial charge in [0.2, 0.25) is 0 Å². The molecule has 3 heteroatoms. The van der Waals surface area contributed by atoms with Crippen LogP contribution in [0.15, 0.2) is 24.3 Å². The maximum absolute atomic E-state index is 5.87. The number of hydrogen-bond donors (Lipinski definition) is 1. The Bertz CT molecular complexity index is 451. The highest BCUT2D eigenvalue weighted by Crippen LogP contribution is 2.41. The molecule has 0 radical (unpaired) electrons. The summed E-state index contributed by atoms with van der Waals surface area (Å²) in [5, 5.41) is 3.69. The fourth-order valence-corrected chi connectivity index (χ4v) is 2.88. The van der Waals surface area contributed by atoms with Crippen LogP contribution in [0.25, 0.3) is 0 Å². The van der Waals surface area contributed by atoms with Crippen molar-refractivity contribution in [2.24, 2.45) is 5.92 Å². The summed E-state index contributed by atoms with van der Waals surface area (Å²) >= 11 is 0. The molecule has 3 rings (SSSR count). The third-order valence-corrected chi connectivity index (χ3v) is 4.16. The number of nitrogens with one attached hydrogen (secondary N) is 1. The number of aryl methyl sites for hydroxylation is 1. The van der Waals surface area contributed by atoms with E-state index in [1.54, 1.807) is 0 Å². The third kappa shape index (κ3) is 3.40. The van der Waals surface area contributed by atoms with Crippen LogP contribution in [0, 0.1) is 12.8 Å². The normalized spacial score (nSPS) is 26.6. The average Bonchev–Trinajstić information content (AvgIpc) is 3.17. The molecule has 2 aliphatic rings. The minimum absolute atomic E-state index is 0.164. The van der Waals surface area contributed by atoms with Gasteiger partial charge in [-0.15, -0.1) is 0 Å². The SMILES string of the molecule is Cc1ccc(C(NCC2COC(C)(C)O2)C2CC2)cc1. The van der Waals surface area contributed by atoms with Crippen LogP contribution in [-0.2, 0) is 9.47 Å². The van der Waals surface area contributed by atoms with Crippen molar-refractivity contribution in [2.45, 2.75) is 51.5 Å². The van der Waals surface area contributed by atoms with Gasteiger partial charge in [-0.3, -0.25) is 0 Å². The summed E-state index contributed by atoms with van der Waals surface area (Å²) in [7, 11) is 0. The predicted octanol–water partition coefficient (Wildman–Crippen LogP) is 3.19. The molecule has 110 valence electrons. The first kappa shape index (κ1) is 14.1. The van der Waals surface area contributed by atoms with Crippen molar-refractivity contribution in [2.75, 3.05) is 13.2 Å². The maximum Gasteiger partial charge on any atom is 0.163 e. The van der Waals surface area contributed by atoms with E-state index >= 15 is 0 Å². The number of rotatable bonds is 5. The van der Waals surface area contributed by atoms with E-state index in [1.165, 1.54) is 24.0 Å². The summed E-state index contributed by atoms with van der Waals surface area (Å²) < 4.78 is 11.5. The molecule has 2 unspecified atom stereocenters. The zero-order valence-electron chi connectivity index (χ0n) is 12.7. The summed E-state index contributed by atoms with van der Waals surface area (Å²) in [5.74, 6) is 0.360. The Kier molecular flexibility index (Phi) is 3.85. The minimum Gasteiger partial charge on any atom is -0.348 e. The van der Waals surface area contributed by atoms with Crippen LogP contribution < -0.4 is 5.32 Å². The van der Waals surface area contributed by atoms with Gasteiger partial charge in [-0.05, 0) is 45.1 Å². The lowest BCUT2D eigenvalue weighted by molar-refractivity contribution is -0.137. The molecule has 1 heterocycles. The molecule has 1 N–H and O–H groups in total. The molecule has 1 aromatic rings. The molecule has 0 amide bonds. The van der Waals surface area contributed by atoms with Gasteiger partial charge in [0, 0.05) is 12.6 Å². The lowest BCUT2D eigenvalue weighted by Crippen LogP contribution is -2.33. The highest BCUT2D eigenvalue weighted by atomic mass is 16.7. The second kappa shape index (κ2) is 5.47. The van der Waals surface area contributed by atoms with Gasteiger partial charge >= 0.3 is 0 Å². The molecule has 0 aromatic heterocycles. The van der Waals surface area contributed by atoms with Crippen LogP contribution in [0.2, 0.25) is 0 Å². The highest BCUT2D eigenvalue weighted by molar-refractivity contribution is 5.25. The Morgan fingerprint density at radius 3 is 2.50 bits per heavy atom. The molecule has 2 fully saturated rings. The molecule has 3 nitrogen and oxygen atoms in total. The van der Waals surface area contributed by atoms with E-state index in [-0.39, 0.29) is 6.10 Å². The molecule has 2 atom stereocenters. The van der Waals surface area contributed by atoms with Crippen molar-refractivity contribution < 1.29 is 9.47 Å². The number of ether oxygens (including phenoxy) is 2. The average molecular weight is 275 g/mol. The van der Waals surface area contributed by atoms with Gasteiger partial charge in [0.15, 0.2) is 5.79 Å². The standard InChI is InChI=1S/C17H25NO2/c1-12-4-6-13(7-5-12)16(14-8-9-14)18-10-15-11-19-17(2,3)20-15/h4-7,14-16,18H,8-11H2,1-3H3. The molecule has 1 saturated heterocycles. The molecular weight excluding hydrogens is 250 g/mol. The van der Waals surface area contributed by atoms with Crippen molar-refractivity contribution in [1.29, 1.82) is 0 Å². The molecular formula is C17H25NO2. The van der Waals surface area contributed by atoms with Crippen LogP contribution in [-0.4, -0.2) is 25.0 Å². The largest absolute Gasteiger partial charge is 0.348 e. The molecule has 1 aliphatic carbocycles. The first-order valence-corrected chi connectivity index (χ1v) is 7.65. The number of hydrogen-bond acceptors (Lipinski definition) is 3. The number of benzene rings is 1. The second-order valence-electron chi connectivity index (χ2n) is 6.58. The summed E-state index contributed by atoms with van der Waals surface area (Å²) in [6.07, 6.45) is 2.83. The Morgan fingerprint density at radius 1 is 1.25 bits per heavy atom. The fourth-order valence-electron chi connectivity index (χ4n) is 2.88. The molecule has 0 spiro atoms. The first-order chi connectivity index (χ1) is 9.53. The van der Waals surface area contributed by atoms with Gasteiger partial charge in [0.25, 0.3) is 0 Å². The Labute approximate surface area is 121 Å². The van der Waals surface area contributed by atoms with Gasteiger partial charge < -0.3 is 14.8 Å². The van der Waals surface area contributed by atoms with Crippen molar-refractivity contribution in [3.8, 4) is 0 Å². The summed E-state index contributed by atoms with van der Waals surface area (Å²) in [5.41, 5.74) is 2.72. The summed E-state index contributed by atoms with van der Waals surface area (Å²) in [6.45, 7) is 7.63. The van der Waals surface area contributed by atoms with Gasteiger partial charge in [-0.1, -0.05) is 29.8 Å². The van der Waals surface area contributed by atoms with Crippen LogP contribution in [0.4, 0.5) is 0 Å². The second-order valence-corrected chi connectivity index (χ2v) is 6.58. The van der Waals surface area contributed by atoms with Crippen molar-refractivity contribution in [3.05, 3.63) is 35.4 Å². The van der Waals surface area contributed by atoms with Gasteiger partial charge in [0.1, 0.15) is 0 Å². The minimum atomic E-state index is -0.425. The lowest BCUT2D eigenvalue weighted by Gasteiger charge is -2.22. The van der Waals surface area contributed by atoms with Crippen molar-refractivity contribution in [1.82, 2.24) is 5.32 Å². The smallest absolute Gasteiger partial charge is 0.163 e. The lowest BCUT2D eigenvalue weighted by atomic mass is 10.0. The summed E-state index contributed by atoms with van der Waals surface area (Å²) in [6, 6.07) is 9.36. The van der Waals surface area contributed by atoms with Gasteiger partial charge in [0.05, 0.1) is 12.7 Å². The maximum atomic E-state index is 5.87. The monoisotopic (exact) mass is 275 g/mol. The molecule has 1 aliphatic heterocycles. The van der Waals surface area contributed by atoms with Crippen LogP contribution >= 0.6 is 0 Å². The molecule has 20 heavy (non-hydrogen) atoms. The van der Waals surface area contributed by atoms with Crippen LogP contribution in [0.3, 0.4) is 0 Å². The first-order valence-electron chi connectivity index (χ1n) is 7.65. The van der Waals surface area contributed by atoms with E-state index in [9.17, 15) is 0 Å².